The lowest BCUT2D eigenvalue weighted by atomic mass is 9.99. The van der Waals surface area contributed by atoms with Crippen molar-refractivity contribution < 1.29 is 80.2 Å². The number of carbonyl (C=O) groups excluding carboxylic acids is 4. The fraction of sp³-hybridized carbons (Fsp3) is 0.949. The molecule has 0 aromatic heterocycles. The average molecular weight is 1420 g/mol. The van der Waals surface area contributed by atoms with E-state index < -0.39 is 97.5 Å². The third kappa shape index (κ3) is 70.9. The van der Waals surface area contributed by atoms with Crippen molar-refractivity contribution in [3.63, 3.8) is 0 Å². The molecule has 576 valence electrons. The van der Waals surface area contributed by atoms with Gasteiger partial charge in [0, 0.05) is 25.7 Å². The Labute approximate surface area is 594 Å². The molecule has 0 saturated carbocycles. The summed E-state index contributed by atoms with van der Waals surface area (Å²) in [7, 11) is -9.91. The lowest BCUT2D eigenvalue weighted by Gasteiger charge is -2.21. The zero-order valence-corrected chi connectivity index (χ0v) is 65.5. The number of hydrogen-bond acceptors (Lipinski definition) is 15. The zero-order chi connectivity index (χ0) is 71.7. The molecule has 0 aliphatic rings. The number of ether oxygens (including phenoxy) is 4. The fourth-order valence-electron chi connectivity index (χ4n) is 11.9. The number of carbonyl (C=O) groups is 4. The van der Waals surface area contributed by atoms with Gasteiger partial charge < -0.3 is 33.8 Å². The van der Waals surface area contributed by atoms with Crippen molar-refractivity contribution in [3.05, 3.63) is 0 Å². The molecule has 0 amide bonds. The van der Waals surface area contributed by atoms with Crippen LogP contribution in [0.4, 0.5) is 0 Å². The molecule has 6 atom stereocenters. The Bertz CT molecular complexity index is 1900. The topological polar surface area (TPSA) is 237 Å². The molecular weight excluding hydrogens is 1270 g/mol. The minimum Gasteiger partial charge on any atom is -0.462 e. The van der Waals surface area contributed by atoms with Crippen LogP contribution in [0.15, 0.2) is 0 Å². The van der Waals surface area contributed by atoms with Crippen LogP contribution in [0.5, 0.6) is 0 Å². The molecule has 0 saturated heterocycles. The second-order valence-corrected chi connectivity index (χ2v) is 32.7. The van der Waals surface area contributed by atoms with E-state index in [0.717, 1.165) is 114 Å². The van der Waals surface area contributed by atoms with Crippen molar-refractivity contribution in [1.29, 1.82) is 0 Å². The monoisotopic (exact) mass is 1420 g/mol. The SMILES string of the molecule is CCC(C)CCCCCCCCCCCCCCCCC(=O)OC[C@H](COP(=O)(O)OC[C@@H](O)COP(=O)(O)OC[C@@H](COC(=O)CCCCCCCCC(C)C)OC(=O)CCCCCCCCCCC(C)C)OC(=O)CCCCCCCCCCCCCCCCCCC(C)C. The molecule has 0 aliphatic carbocycles. The second-order valence-electron chi connectivity index (χ2n) is 29.8. The Balaban J connectivity index is 5.22. The summed E-state index contributed by atoms with van der Waals surface area (Å²) in [5.74, 6) is 0.935. The van der Waals surface area contributed by atoms with Gasteiger partial charge >= 0.3 is 39.5 Å². The van der Waals surface area contributed by atoms with E-state index in [1.807, 2.05) is 0 Å². The molecule has 0 aromatic rings. The maximum absolute atomic E-state index is 13.1. The molecule has 19 heteroatoms. The summed E-state index contributed by atoms with van der Waals surface area (Å²) in [4.78, 5) is 72.8. The minimum absolute atomic E-state index is 0.103. The highest BCUT2D eigenvalue weighted by molar-refractivity contribution is 7.47. The first-order valence-electron chi connectivity index (χ1n) is 40.2. The third-order valence-corrected chi connectivity index (χ3v) is 20.3. The van der Waals surface area contributed by atoms with E-state index in [0.29, 0.717) is 31.6 Å². The van der Waals surface area contributed by atoms with Gasteiger partial charge in [-0.25, -0.2) is 9.13 Å². The number of phosphoric acid groups is 2. The van der Waals surface area contributed by atoms with E-state index in [1.54, 1.807) is 0 Å². The number of phosphoric ester groups is 2. The predicted molar refractivity (Wildman–Crippen MR) is 395 cm³/mol. The van der Waals surface area contributed by atoms with Gasteiger partial charge in [-0.15, -0.1) is 0 Å². The summed E-state index contributed by atoms with van der Waals surface area (Å²) >= 11 is 0. The van der Waals surface area contributed by atoms with Crippen LogP contribution in [0.25, 0.3) is 0 Å². The first-order valence-corrected chi connectivity index (χ1v) is 43.2. The van der Waals surface area contributed by atoms with Crippen LogP contribution in [0.2, 0.25) is 0 Å². The molecule has 0 radical (unpaired) electrons. The highest BCUT2D eigenvalue weighted by atomic mass is 31.2. The van der Waals surface area contributed by atoms with Crippen LogP contribution >= 0.6 is 15.6 Å². The van der Waals surface area contributed by atoms with Crippen molar-refractivity contribution >= 4 is 39.5 Å². The summed E-state index contributed by atoms with van der Waals surface area (Å²) in [6, 6.07) is 0. The van der Waals surface area contributed by atoms with E-state index in [9.17, 15) is 43.2 Å². The summed E-state index contributed by atoms with van der Waals surface area (Å²) in [6.07, 6.45) is 53.0. The van der Waals surface area contributed by atoms with Crippen molar-refractivity contribution in [1.82, 2.24) is 0 Å². The largest absolute Gasteiger partial charge is 0.472 e. The summed E-state index contributed by atoms with van der Waals surface area (Å²) < 4.78 is 68.5. The maximum Gasteiger partial charge on any atom is 0.472 e. The molecule has 0 aromatic carbocycles. The Morgan fingerprint density at radius 2 is 0.495 bits per heavy atom. The van der Waals surface area contributed by atoms with Crippen molar-refractivity contribution in [2.24, 2.45) is 23.7 Å². The van der Waals surface area contributed by atoms with Gasteiger partial charge in [0.1, 0.15) is 19.3 Å². The highest BCUT2D eigenvalue weighted by Gasteiger charge is 2.30. The van der Waals surface area contributed by atoms with Crippen molar-refractivity contribution in [3.8, 4) is 0 Å². The molecule has 0 rings (SSSR count). The Morgan fingerprint density at radius 3 is 0.732 bits per heavy atom. The van der Waals surface area contributed by atoms with E-state index in [2.05, 4.69) is 55.4 Å². The van der Waals surface area contributed by atoms with Crippen LogP contribution in [-0.4, -0.2) is 96.7 Å². The molecule has 97 heavy (non-hydrogen) atoms. The standard InChI is InChI=1S/C78H152O17P2/c1-9-71(8)57-49-41-32-25-21-17-14-15-18-22-26-33-42-50-58-75(80)88-64-73(94-77(82)60-52-44-34-27-23-19-13-11-10-12-16-20-24-30-38-46-54-68(2)3)66-92-96(84,85)90-62-72(79)63-91-97(86,87)93-67-74(65-89-76(81)59-51-43-37-36-40-48-56-70(6)7)95-78(83)61-53-45-35-29-28-31-39-47-55-69(4)5/h68-74,79H,9-67H2,1-8H3,(H,84,85)(H,86,87)/t71?,72-,73-,74-/m1/s1. The van der Waals surface area contributed by atoms with E-state index >= 15 is 0 Å². The van der Waals surface area contributed by atoms with Crippen LogP contribution in [-0.2, 0) is 65.4 Å². The molecular formula is C78H152O17P2. The molecule has 0 bridgehead atoms. The van der Waals surface area contributed by atoms with Gasteiger partial charge in [-0.05, 0) is 49.4 Å². The van der Waals surface area contributed by atoms with E-state index in [-0.39, 0.29) is 25.7 Å². The summed E-state index contributed by atoms with van der Waals surface area (Å²) in [5.41, 5.74) is 0. The van der Waals surface area contributed by atoms with Crippen molar-refractivity contribution in [2.75, 3.05) is 39.6 Å². The second kappa shape index (κ2) is 67.2. The number of esters is 4. The summed E-state index contributed by atoms with van der Waals surface area (Å²) in [5, 5.41) is 10.6. The van der Waals surface area contributed by atoms with Gasteiger partial charge in [-0.2, -0.15) is 0 Å². The first kappa shape index (κ1) is 95.1. The molecule has 0 fully saturated rings. The average Bonchev–Trinajstić information content (AvgIpc) is 0.982. The molecule has 0 aliphatic heterocycles. The molecule has 3 N–H and O–H groups in total. The normalized spacial score (nSPS) is 14.4. The smallest absolute Gasteiger partial charge is 0.462 e. The number of hydrogen-bond donors (Lipinski definition) is 3. The fourth-order valence-corrected chi connectivity index (χ4v) is 13.5. The number of unbranched alkanes of at least 4 members (excludes halogenated alkanes) is 40. The summed E-state index contributed by atoms with van der Waals surface area (Å²) in [6.45, 7) is 14.2. The Morgan fingerprint density at radius 1 is 0.289 bits per heavy atom. The Kier molecular flexibility index (Phi) is 65.9. The lowest BCUT2D eigenvalue weighted by Crippen LogP contribution is -2.30. The van der Waals surface area contributed by atoms with Gasteiger partial charge in [0.25, 0.3) is 0 Å². The predicted octanol–water partition coefficient (Wildman–Crippen LogP) is 22.8. The number of rotatable bonds is 75. The van der Waals surface area contributed by atoms with Crippen LogP contribution < -0.4 is 0 Å². The maximum atomic E-state index is 13.1. The quantitative estimate of drug-likeness (QED) is 0.0222. The Hall–Kier alpha value is -1.94. The van der Waals surface area contributed by atoms with E-state index in [4.69, 9.17) is 37.0 Å². The zero-order valence-electron chi connectivity index (χ0n) is 63.7. The van der Waals surface area contributed by atoms with Crippen LogP contribution in [0.1, 0.15) is 396 Å². The molecule has 17 nitrogen and oxygen atoms in total. The van der Waals surface area contributed by atoms with E-state index in [1.165, 1.54) is 193 Å². The third-order valence-electron chi connectivity index (χ3n) is 18.4. The molecule has 0 spiro atoms. The minimum atomic E-state index is -4.96. The van der Waals surface area contributed by atoms with Gasteiger partial charge in [-0.1, -0.05) is 344 Å². The van der Waals surface area contributed by atoms with Gasteiger partial charge in [0.2, 0.25) is 0 Å². The van der Waals surface area contributed by atoms with Gasteiger partial charge in [-0.3, -0.25) is 37.3 Å². The van der Waals surface area contributed by atoms with Gasteiger partial charge in [0.15, 0.2) is 12.2 Å². The van der Waals surface area contributed by atoms with Crippen molar-refractivity contribution in [2.45, 2.75) is 414 Å². The van der Waals surface area contributed by atoms with Gasteiger partial charge in [0.05, 0.1) is 26.4 Å². The lowest BCUT2D eigenvalue weighted by molar-refractivity contribution is -0.161. The van der Waals surface area contributed by atoms with Crippen LogP contribution in [0, 0.1) is 23.7 Å². The molecule has 3 unspecified atom stereocenters. The number of aliphatic hydroxyl groups is 1. The van der Waals surface area contributed by atoms with Crippen LogP contribution in [0.3, 0.4) is 0 Å². The highest BCUT2D eigenvalue weighted by Crippen LogP contribution is 2.45. The molecule has 0 heterocycles. The first-order chi connectivity index (χ1) is 46.6. The number of aliphatic hydroxyl groups excluding tert-OH is 1.